The number of halogens is 2. The molecule has 0 aliphatic rings. The van der Waals surface area contributed by atoms with Crippen LogP contribution in [0.5, 0.6) is 0 Å². The Balaban J connectivity index is 2.03. The van der Waals surface area contributed by atoms with Crippen molar-refractivity contribution in [2.75, 3.05) is 16.8 Å². The molecule has 2 aromatic heterocycles. The second kappa shape index (κ2) is 8.68. The van der Waals surface area contributed by atoms with Gasteiger partial charge in [0.1, 0.15) is 40.4 Å². The van der Waals surface area contributed by atoms with E-state index in [2.05, 4.69) is 20.3 Å². The normalized spacial score (nSPS) is 11.6. The second-order valence-corrected chi connectivity index (χ2v) is 7.68. The molecule has 4 rings (SSSR count). The number of anilines is 3. The van der Waals surface area contributed by atoms with Crippen LogP contribution >= 0.6 is 0 Å². The highest BCUT2D eigenvalue weighted by Gasteiger charge is 2.23. The summed E-state index contributed by atoms with van der Waals surface area (Å²) < 4.78 is 30.1. The number of hydrogen-bond acceptors (Lipinski definition) is 9. The van der Waals surface area contributed by atoms with Gasteiger partial charge in [-0.15, -0.1) is 0 Å². The van der Waals surface area contributed by atoms with Crippen molar-refractivity contribution in [1.82, 2.24) is 19.5 Å². The van der Waals surface area contributed by atoms with Crippen molar-refractivity contribution in [2.24, 2.45) is 0 Å². The molecule has 0 fully saturated rings. The zero-order chi connectivity index (χ0) is 25.4. The highest BCUT2D eigenvalue weighted by Crippen LogP contribution is 2.27. The van der Waals surface area contributed by atoms with Gasteiger partial charge >= 0.3 is 0 Å². The van der Waals surface area contributed by atoms with E-state index in [1.807, 2.05) is 12.1 Å². The molecule has 2 heterocycles. The van der Waals surface area contributed by atoms with Crippen LogP contribution in [-0.4, -0.2) is 19.5 Å². The molecule has 0 amide bonds. The number of nitrogen functional groups attached to an aromatic ring is 2. The Kier molecular flexibility index (Phi) is 5.72. The molecule has 0 aliphatic heterocycles. The summed E-state index contributed by atoms with van der Waals surface area (Å²) in [6.45, 7) is 3.19. The van der Waals surface area contributed by atoms with Gasteiger partial charge in [-0.2, -0.15) is 20.5 Å². The number of aromatic nitrogens is 4. The molecule has 4 aromatic rings. The third-order valence-corrected chi connectivity index (χ3v) is 5.29. The van der Waals surface area contributed by atoms with Gasteiger partial charge in [0, 0.05) is 0 Å². The summed E-state index contributed by atoms with van der Waals surface area (Å²) in [6.07, 6.45) is 0. The van der Waals surface area contributed by atoms with E-state index < -0.39 is 23.2 Å². The predicted molar refractivity (Wildman–Crippen MR) is 124 cm³/mol. The number of aryl methyl sites for hydroxylation is 1. The molecular formula is C23H17F2N9O. The zero-order valence-electron chi connectivity index (χ0n) is 18.5. The van der Waals surface area contributed by atoms with Crippen molar-refractivity contribution in [3.63, 3.8) is 0 Å². The van der Waals surface area contributed by atoms with Crippen molar-refractivity contribution in [3.05, 3.63) is 74.8 Å². The fourth-order valence-electron chi connectivity index (χ4n) is 3.71. The minimum atomic E-state index is -0.901. The summed E-state index contributed by atoms with van der Waals surface area (Å²) >= 11 is 0. The molecule has 0 aliphatic carbocycles. The molecule has 5 N–H and O–H groups in total. The summed E-state index contributed by atoms with van der Waals surface area (Å²) in [7, 11) is 0. The highest BCUT2D eigenvalue weighted by atomic mass is 19.1. The third-order valence-electron chi connectivity index (χ3n) is 5.29. The molecule has 0 unspecified atom stereocenters. The van der Waals surface area contributed by atoms with E-state index in [0.29, 0.717) is 5.56 Å². The topological polar surface area (TPSA) is 172 Å². The van der Waals surface area contributed by atoms with Gasteiger partial charge in [-0.05, 0) is 43.7 Å². The van der Waals surface area contributed by atoms with Gasteiger partial charge in [-0.1, -0.05) is 6.07 Å². The Morgan fingerprint density at radius 3 is 2.51 bits per heavy atom. The van der Waals surface area contributed by atoms with E-state index in [-0.39, 0.29) is 51.1 Å². The van der Waals surface area contributed by atoms with Gasteiger partial charge < -0.3 is 16.8 Å². The van der Waals surface area contributed by atoms with Crippen LogP contribution in [0.2, 0.25) is 0 Å². The molecule has 1 atom stereocenters. The standard InChI is InChI=1S/C23H17F2N9O/c1-10-3-4-16(25)18-17(10)22(35)34(14-6-12(8-26)5-13(24)7-14)21(31-18)11(2)30-20-15(9-27)19(28)32-23(29)33-20/h3-7,11H,1-2H3,(H5,28,29,30,32,33)/t11-/m0/s1. The number of nitrogens with one attached hydrogen (secondary N) is 1. The van der Waals surface area contributed by atoms with Gasteiger partial charge in [-0.3, -0.25) is 9.36 Å². The fourth-order valence-corrected chi connectivity index (χ4v) is 3.71. The smallest absolute Gasteiger partial charge is 0.266 e. The molecule has 0 saturated heterocycles. The number of nitriles is 2. The van der Waals surface area contributed by atoms with Crippen molar-refractivity contribution < 1.29 is 8.78 Å². The fraction of sp³-hybridized carbons (Fsp3) is 0.130. The molecule has 174 valence electrons. The van der Waals surface area contributed by atoms with Gasteiger partial charge in [-0.25, -0.2) is 13.8 Å². The summed E-state index contributed by atoms with van der Waals surface area (Å²) in [5, 5.41) is 21.7. The van der Waals surface area contributed by atoms with Crippen molar-refractivity contribution in [3.8, 4) is 17.8 Å². The summed E-state index contributed by atoms with van der Waals surface area (Å²) in [4.78, 5) is 25.7. The van der Waals surface area contributed by atoms with Gasteiger partial charge in [0.05, 0.1) is 28.7 Å². The van der Waals surface area contributed by atoms with Crippen LogP contribution < -0.4 is 22.3 Å². The first-order chi connectivity index (χ1) is 16.6. The third kappa shape index (κ3) is 4.05. The van der Waals surface area contributed by atoms with Crippen molar-refractivity contribution in [1.29, 1.82) is 10.5 Å². The lowest BCUT2D eigenvalue weighted by Crippen LogP contribution is -2.28. The molecule has 0 radical (unpaired) electrons. The van der Waals surface area contributed by atoms with E-state index in [9.17, 15) is 24.1 Å². The van der Waals surface area contributed by atoms with Gasteiger partial charge in [0.15, 0.2) is 5.82 Å². The monoisotopic (exact) mass is 473 g/mol. The van der Waals surface area contributed by atoms with E-state index >= 15 is 0 Å². The average Bonchev–Trinajstić information content (AvgIpc) is 2.80. The highest BCUT2D eigenvalue weighted by molar-refractivity contribution is 5.82. The predicted octanol–water partition coefficient (Wildman–Crippen LogP) is 2.84. The first-order valence-electron chi connectivity index (χ1n) is 10.2. The molecule has 2 aromatic carbocycles. The molecular weight excluding hydrogens is 456 g/mol. The average molecular weight is 473 g/mol. The molecule has 0 spiro atoms. The van der Waals surface area contributed by atoms with Crippen LogP contribution in [-0.2, 0) is 0 Å². The lowest BCUT2D eigenvalue weighted by Gasteiger charge is -2.21. The van der Waals surface area contributed by atoms with Crippen molar-refractivity contribution in [2.45, 2.75) is 19.9 Å². The largest absolute Gasteiger partial charge is 0.382 e. The first-order valence-corrected chi connectivity index (χ1v) is 10.2. The molecule has 10 nitrogen and oxygen atoms in total. The van der Waals surface area contributed by atoms with Gasteiger partial charge in [0.2, 0.25) is 5.95 Å². The Morgan fingerprint density at radius 2 is 1.83 bits per heavy atom. The maximum absolute atomic E-state index is 14.7. The van der Waals surface area contributed by atoms with Gasteiger partial charge in [0.25, 0.3) is 5.56 Å². The quantitative estimate of drug-likeness (QED) is 0.403. The number of rotatable bonds is 4. The Morgan fingerprint density at radius 1 is 1.09 bits per heavy atom. The van der Waals surface area contributed by atoms with Crippen LogP contribution in [0, 0.1) is 41.2 Å². The maximum atomic E-state index is 14.7. The lowest BCUT2D eigenvalue weighted by atomic mass is 10.1. The Bertz CT molecular complexity index is 1650. The zero-order valence-corrected chi connectivity index (χ0v) is 18.5. The SMILES string of the molecule is Cc1ccc(F)c2nc([C@H](C)Nc3nc(N)nc(N)c3C#N)n(-c3cc(F)cc(C#N)c3)c(=O)c12. The molecule has 12 heteroatoms. The molecule has 0 bridgehead atoms. The molecule has 35 heavy (non-hydrogen) atoms. The Labute approximate surface area is 197 Å². The molecule has 0 saturated carbocycles. The minimum Gasteiger partial charge on any atom is -0.382 e. The number of benzene rings is 2. The second-order valence-electron chi connectivity index (χ2n) is 7.68. The summed E-state index contributed by atoms with van der Waals surface area (Å²) in [5.74, 6) is -1.92. The Hall–Kier alpha value is -5.10. The summed E-state index contributed by atoms with van der Waals surface area (Å²) in [6, 6.07) is 8.81. The first kappa shape index (κ1) is 23.1. The number of nitrogens with two attached hydrogens (primary N) is 2. The van der Waals surface area contributed by atoms with Crippen LogP contribution in [0.4, 0.5) is 26.4 Å². The van der Waals surface area contributed by atoms with Crippen LogP contribution in [0.3, 0.4) is 0 Å². The lowest BCUT2D eigenvalue weighted by molar-refractivity contribution is 0.622. The van der Waals surface area contributed by atoms with E-state index in [1.54, 1.807) is 13.8 Å². The number of fused-ring (bicyclic) bond motifs is 1. The minimum absolute atomic E-state index is 0.00282. The summed E-state index contributed by atoms with van der Waals surface area (Å²) in [5.41, 5.74) is 10.9. The van der Waals surface area contributed by atoms with E-state index in [0.717, 1.165) is 16.7 Å². The van der Waals surface area contributed by atoms with E-state index in [1.165, 1.54) is 18.2 Å². The number of nitrogens with zero attached hydrogens (tertiary/aromatic N) is 6. The maximum Gasteiger partial charge on any atom is 0.266 e. The van der Waals surface area contributed by atoms with Crippen LogP contribution in [0.15, 0.2) is 35.1 Å². The number of hydrogen-bond donors (Lipinski definition) is 3. The van der Waals surface area contributed by atoms with Crippen molar-refractivity contribution >= 4 is 28.5 Å². The van der Waals surface area contributed by atoms with E-state index in [4.69, 9.17) is 11.5 Å². The van der Waals surface area contributed by atoms with Crippen LogP contribution in [0.1, 0.15) is 35.5 Å². The van der Waals surface area contributed by atoms with Crippen LogP contribution in [0.25, 0.3) is 16.6 Å².